The number of rotatable bonds is 4. The number of nitrogens with zero attached hydrogens (tertiary/aromatic N) is 1. The summed E-state index contributed by atoms with van der Waals surface area (Å²) < 4.78 is 26.9. The molecule has 1 aliphatic heterocycles. The Kier molecular flexibility index (Phi) is 4.19. The van der Waals surface area contributed by atoms with Gasteiger partial charge >= 0.3 is 6.03 Å². The van der Waals surface area contributed by atoms with E-state index in [2.05, 4.69) is 10.6 Å². The van der Waals surface area contributed by atoms with Crippen LogP contribution in [0.4, 0.5) is 13.6 Å². The van der Waals surface area contributed by atoms with Crippen LogP contribution >= 0.6 is 0 Å². The highest BCUT2D eigenvalue weighted by molar-refractivity contribution is 5.82. The van der Waals surface area contributed by atoms with E-state index in [0.717, 1.165) is 18.9 Å². The first-order chi connectivity index (χ1) is 11.0. The Labute approximate surface area is 133 Å². The molecule has 1 aromatic rings. The number of carbonyl (C=O) groups is 2. The normalized spacial score (nSPS) is 19.0. The first-order valence-corrected chi connectivity index (χ1v) is 7.75. The molecule has 0 unspecified atom stereocenters. The van der Waals surface area contributed by atoms with Gasteiger partial charge in [0.1, 0.15) is 0 Å². The maximum atomic E-state index is 13.7. The molecule has 2 aliphatic rings. The number of likely N-dealkylation sites (tertiary alicyclic amines) is 1. The van der Waals surface area contributed by atoms with Crippen LogP contribution in [0.1, 0.15) is 31.4 Å². The lowest BCUT2D eigenvalue weighted by Crippen LogP contribution is -2.63. The molecule has 23 heavy (non-hydrogen) atoms. The number of urea groups is 1. The average Bonchev–Trinajstić information content (AvgIpc) is 3.29. The van der Waals surface area contributed by atoms with Crippen LogP contribution in [0.5, 0.6) is 0 Å². The van der Waals surface area contributed by atoms with Crippen molar-refractivity contribution in [2.24, 2.45) is 5.92 Å². The van der Waals surface area contributed by atoms with Gasteiger partial charge in [0.25, 0.3) is 0 Å². The molecule has 1 atom stereocenters. The summed E-state index contributed by atoms with van der Waals surface area (Å²) in [7, 11) is 0. The Morgan fingerprint density at radius 1 is 1.26 bits per heavy atom. The van der Waals surface area contributed by atoms with Crippen molar-refractivity contribution in [1.29, 1.82) is 0 Å². The highest BCUT2D eigenvalue weighted by Crippen LogP contribution is 2.29. The minimum Gasteiger partial charge on any atom is -0.350 e. The van der Waals surface area contributed by atoms with Gasteiger partial charge in [-0.3, -0.25) is 4.79 Å². The number of halogens is 2. The SMILES string of the molecule is C[C@H](NC(=O)N1CC(NC(=O)C2CC2)C1)c1cccc(F)c1F. The van der Waals surface area contributed by atoms with Crippen molar-refractivity contribution in [3.63, 3.8) is 0 Å². The Balaban J connectivity index is 1.48. The lowest BCUT2D eigenvalue weighted by atomic mass is 10.1. The molecule has 7 heteroatoms. The molecule has 1 saturated heterocycles. The van der Waals surface area contributed by atoms with Gasteiger partial charge in [-0.15, -0.1) is 0 Å². The predicted octanol–water partition coefficient (Wildman–Crippen LogP) is 1.95. The molecule has 3 rings (SSSR count). The van der Waals surface area contributed by atoms with Crippen LogP contribution in [0.15, 0.2) is 18.2 Å². The van der Waals surface area contributed by atoms with E-state index in [1.807, 2.05) is 0 Å². The quantitative estimate of drug-likeness (QED) is 0.890. The first-order valence-electron chi connectivity index (χ1n) is 7.75. The third-order valence-corrected chi connectivity index (χ3v) is 4.25. The molecule has 1 heterocycles. The Bertz CT molecular complexity index is 628. The number of benzene rings is 1. The fourth-order valence-corrected chi connectivity index (χ4v) is 2.61. The van der Waals surface area contributed by atoms with Crippen molar-refractivity contribution >= 4 is 11.9 Å². The van der Waals surface area contributed by atoms with E-state index in [0.29, 0.717) is 13.1 Å². The summed E-state index contributed by atoms with van der Waals surface area (Å²) in [5.41, 5.74) is 0.109. The number of carbonyl (C=O) groups excluding carboxylic acids is 2. The summed E-state index contributed by atoms with van der Waals surface area (Å²) in [6.45, 7) is 2.47. The molecule has 0 bridgehead atoms. The number of amides is 3. The monoisotopic (exact) mass is 323 g/mol. The van der Waals surface area contributed by atoms with Crippen molar-refractivity contribution in [1.82, 2.24) is 15.5 Å². The van der Waals surface area contributed by atoms with Crippen LogP contribution in [-0.2, 0) is 4.79 Å². The second-order valence-corrected chi connectivity index (χ2v) is 6.20. The predicted molar refractivity (Wildman–Crippen MR) is 79.5 cm³/mol. The summed E-state index contributed by atoms with van der Waals surface area (Å²) in [6, 6.07) is 2.88. The number of nitrogens with one attached hydrogen (secondary N) is 2. The van der Waals surface area contributed by atoms with E-state index in [1.54, 1.807) is 6.92 Å². The van der Waals surface area contributed by atoms with E-state index < -0.39 is 17.7 Å². The molecule has 5 nitrogen and oxygen atoms in total. The molecule has 0 spiro atoms. The summed E-state index contributed by atoms with van der Waals surface area (Å²) in [5, 5.41) is 5.54. The number of hydrogen-bond acceptors (Lipinski definition) is 2. The summed E-state index contributed by atoms with van der Waals surface area (Å²) in [4.78, 5) is 25.2. The van der Waals surface area contributed by atoms with E-state index >= 15 is 0 Å². The third-order valence-electron chi connectivity index (χ3n) is 4.25. The second-order valence-electron chi connectivity index (χ2n) is 6.20. The summed E-state index contributed by atoms with van der Waals surface area (Å²) >= 11 is 0. The fraction of sp³-hybridized carbons (Fsp3) is 0.500. The molecular weight excluding hydrogens is 304 g/mol. The lowest BCUT2D eigenvalue weighted by Gasteiger charge is -2.40. The molecule has 2 N–H and O–H groups in total. The standard InChI is InChI=1S/C16H19F2N3O2/c1-9(12-3-2-4-13(17)14(12)18)19-16(23)21-7-11(8-21)20-15(22)10-5-6-10/h2-4,9-11H,5-8H2,1H3,(H,19,23)(H,20,22)/t9-/m0/s1. The fourth-order valence-electron chi connectivity index (χ4n) is 2.61. The molecule has 2 fully saturated rings. The molecule has 1 aliphatic carbocycles. The molecule has 0 radical (unpaired) electrons. The van der Waals surface area contributed by atoms with Gasteiger partial charge in [-0.2, -0.15) is 0 Å². The van der Waals surface area contributed by atoms with Gasteiger partial charge in [0.05, 0.1) is 12.1 Å². The Morgan fingerprint density at radius 2 is 1.96 bits per heavy atom. The average molecular weight is 323 g/mol. The highest BCUT2D eigenvalue weighted by Gasteiger charge is 2.36. The lowest BCUT2D eigenvalue weighted by molar-refractivity contribution is -0.123. The van der Waals surface area contributed by atoms with Crippen LogP contribution in [0.25, 0.3) is 0 Å². The van der Waals surface area contributed by atoms with E-state index in [-0.39, 0.29) is 29.5 Å². The zero-order chi connectivity index (χ0) is 16.6. The smallest absolute Gasteiger partial charge is 0.318 e. The minimum atomic E-state index is -0.946. The zero-order valence-corrected chi connectivity index (χ0v) is 12.8. The molecule has 1 aromatic carbocycles. The van der Waals surface area contributed by atoms with Crippen LogP contribution in [0.2, 0.25) is 0 Å². The van der Waals surface area contributed by atoms with Gasteiger partial charge in [-0.05, 0) is 25.8 Å². The van der Waals surface area contributed by atoms with Gasteiger partial charge in [-0.1, -0.05) is 12.1 Å². The van der Waals surface area contributed by atoms with Crippen LogP contribution in [0, 0.1) is 17.6 Å². The minimum absolute atomic E-state index is 0.0185. The van der Waals surface area contributed by atoms with Gasteiger partial charge in [-0.25, -0.2) is 13.6 Å². The first kappa shape index (κ1) is 15.7. The third kappa shape index (κ3) is 3.43. The molecule has 1 saturated carbocycles. The molecular formula is C16H19F2N3O2. The Hall–Kier alpha value is -2.18. The van der Waals surface area contributed by atoms with Crippen LogP contribution < -0.4 is 10.6 Å². The van der Waals surface area contributed by atoms with E-state index in [9.17, 15) is 18.4 Å². The highest BCUT2D eigenvalue weighted by atomic mass is 19.2. The van der Waals surface area contributed by atoms with E-state index in [4.69, 9.17) is 0 Å². The van der Waals surface area contributed by atoms with Gasteiger partial charge in [0.2, 0.25) is 5.91 Å². The van der Waals surface area contributed by atoms with Crippen LogP contribution in [0.3, 0.4) is 0 Å². The van der Waals surface area contributed by atoms with Crippen molar-refractivity contribution in [2.45, 2.75) is 31.8 Å². The molecule has 3 amide bonds. The van der Waals surface area contributed by atoms with Crippen molar-refractivity contribution < 1.29 is 18.4 Å². The maximum absolute atomic E-state index is 13.7. The van der Waals surface area contributed by atoms with Crippen molar-refractivity contribution in [2.75, 3.05) is 13.1 Å². The summed E-state index contributed by atoms with van der Waals surface area (Å²) in [5.74, 6) is -1.67. The van der Waals surface area contributed by atoms with Crippen molar-refractivity contribution in [3.05, 3.63) is 35.4 Å². The number of hydrogen-bond donors (Lipinski definition) is 2. The maximum Gasteiger partial charge on any atom is 0.318 e. The van der Waals surface area contributed by atoms with Crippen LogP contribution in [-0.4, -0.2) is 36.0 Å². The molecule has 124 valence electrons. The van der Waals surface area contributed by atoms with Gasteiger partial charge in [0.15, 0.2) is 11.6 Å². The van der Waals surface area contributed by atoms with E-state index in [1.165, 1.54) is 17.0 Å². The molecule has 0 aromatic heterocycles. The summed E-state index contributed by atoms with van der Waals surface area (Å²) in [6.07, 6.45) is 1.89. The second kappa shape index (κ2) is 6.14. The largest absolute Gasteiger partial charge is 0.350 e. The zero-order valence-electron chi connectivity index (χ0n) is 12.8. The van der Waals surface area contributed by atoms with Gasteiger partial charge < -0.3 is 15.5 Å². The van der Waals surface area contributed by atoms with Gasteiger partial charge in [0, 0.05) is 24.6 Å². The van der Waals surface area contributed by atoms with Crippen molar-refractivity contribution in [3.8, 4) is 0 Å². The topological polar surface area (TPSA) is 61.4 Å². The Morgan fingerprint density at radius 3 is 2.61 bits per heavy atom.